The van der Waals surface area contributed by atoms with E-state index in [1.54, 1.807) is 23.6 Å². The quantitative estimate of drug-likeness (QED) is 0.111. The van der Waals surface area contributed by atoms with Crippen molar-refractivity contribution in [3.63, 3.8) is 0 Å². The lowest BCUT2D eigenvalue weighted by Gasteiger charge is -2.09. The van der Waals surface area contributed by atoms with Crippen molar-refractivity contribution in [1.82, 2.24) is 4.98 Å². The molecule has 0 bridgehead atoms. The van der Waals surface area contributed by atoms with Gasteiger partial charge in [0.25, 0.3) is 5.91 Å². The Labute approximate surface area is 240 Å². The molecule has 0 spiro atoms. The Morgan fingerprint density at radius 3 is 2.54 bits per heavy atom. The van der Waals surface area contributed by atoms with Gasteiger partial charge in [-0.3, -0.25) is 10.1 Å². The molecule has 1 amide bonds. The molecule has 0 aliphatic heterocycles. The Morgan fingerprint density at radius 1 is 1.15 bits per heavy atom. The molecule has 39 heavy (non-hydrogen) atoms. The predicted octanol–water partition coefficient (Wildman–Crippen LogP) is 8.07. The van der Waals surface area contributed by atoms with Crippen LogP contribution in [0.15, 0.2) is 41.5 Å². The maximum atomic E-state index is 15.2. The van der Waals surface area contributed by atoms with Gasteiger partial charge in [-0.25, -0.2) is 14.2 Å². The molecule has 1 heterocycles. The van der Waals surface area contributed by atoms with Gasteiger partial charge in [0.05, 0.1) is 29.5 Å². The minimum absolute atomic E-state index is 0.0605. The lowest BCUT2D eigenvalue weighted by molar-refractivity contribution is -0.135. The number of unbranched alkanes of at least 4 members (excludes halogenated alkanes) is 4. The lowest BCUT2D eigenvalue weighted by Crippen LogP contribution is -2.12. The summed E-state index contributed by atoms with van der Waals surface area (Å²) >= 11 is 13.7. The number of nitrogens with zero attached hydrogens (tertiary/aromatic N) is 1. The van der Waals surface area contributed by atoms with Gasteiger partial charge in [-0.15, -0.1) is 11.3 Å². The molecule has 0 aliphatic carbocycles. The van der Waals surface area contributed by atoms with Crippen molar-refractivity contribution >= 4 is 57.6 Å². The molecule has 2 aromatic carbocycles. The predicted molar refractivity (Wildman–Crippen MR) is 153 cm³/mol. The Balaban J connectivity index is 1.67. The van der Waals surface area contributed by atoms with Crippen LogP contribution in [0.1, 0.15) is 60.5 Å². The van der Waals surface area contributed by atoms with Crippen molar-refractivity contribution in [2.24, 2.45) is 0 Å². The van der Waals surface area contributed by atoms with Gasteiger partial charge in [0.1, 0.15) is 5.82 Å². The van der Waals surface area contributed by atoms with Crippen LogP contribution in [-0.2, 0) is 20.9 Å². The fraction of sp³-hybridized carbons (Fsp3) is 0.321. The number of amides is 1. The maximum Gasteiger partial charge on any atom is 0.371 e. The number of halogens is 3. The number of ether oxygens (including phenoxy) is 2. The average molecular weight is 596 g/mol. The van der Waals surface area contributed by atoms with Crippen LogP contribution in [-0.4, -0.2) is 35.7 Å². The zero-order valence-electron chi connectivity index (χ0n) is 21.6. The monoisotopic (exact) mass is 594 g/mol. The van der Waals surface area contributed by atoms with Crippen molar-refractivity contribution in [1.29, 1.82) is 0 Å². The van der Waals surface area contributed by atoms with Gasteiger partial charge < -0.3 is 14.6 Å². The molecule has 1 aromatic heterocycles. The number of anilines is 1. The van der Waals surface area contributed by atoms with Crippen LogP contribution in [0.3, 0.4) is 0 Å². The fourth-order valence-corrected chi connectivity index (χ4v) is 5.00. The van der Waals surface area contributed by atoms with Crippen LogP contribution in [0.25, 0.3) is 17.3 Å². The molecule has 11 heteroatoms. The Bertz CT molecular complexity index is 1320. The van der Waals surface area contributed by atoms with Crippen molar-refractivity contribution in [2.45, 2.75) is 45.6 Å². The van der Waals surface area contributed by atoms with E-state index in [1.807, 2.05) is 0 Å². The molecular formula is C28H29Cl2FN2O5S. The van der Waals surface area contributed by atoms with Crippen molar-refractivity contribution in [3.8, 4) is 11.3 Å². The highest BCUT2D eigenvalue weighted by Crippen LogP contribution is 2.31. The number of hydrogen-bond donors (Lipinski definition) is 2. The van der Waals surface area contributed by atoms with E-state index in [2.05, 4.69) is 17.2 Å². The minimum atomic E-state index is -1.29. The average Bonchev–Trinajstić information content (AvgIpc) is 3.36. The van der Waals surface area contributed by atoms with E-state index >= 15 is 4.39 Å². The molecule has 0 radical (unpaired) electrons. The number of benzene rings is 2. The lowest BCUT2D eigenvalue weighted by atomic mass is 10.1. The summed E-state index contributed by atoms with van der Waals surface area (Å²) in [5.74, 6) is -2.61. The van der Waals surface area contributed by atoms with Gasteiger partial charge in [0.2, 0.25) is 5.76 Å². The summed E-state index contributed by atoms with van der Waals surface area (Å²) in [5, 5.41) is 13.8. The van der Waals surface area contributed by atoms with Crippen molar-refractivity contribution in [3.05, 3.63) is 74.0 Å². The normalized spacial score (nSPS) is 11.5. The van der Waals surface area contributed by atoms with E-state index in [-0.39, 0.29) is 38.7 Å². The van der Waals surface area contributed by atoms with E-state index in [0.717, 1.165) is 24.2 Å². The Hall–Kier alpha value is -2.98. The Morgan fingerprint density at radius 2 is 1.87 bits per heavy atom. The number of carboxylic acids is 1. The number of methoxy groups -OCH3 is 1. The third-order valence-corrected chi connectivity index (χ3v) is 7.16. The van der Waals surface area contributed by atoms with Gasteiger partial charge in [-0.05, 0) is 30.7 Å². The molecule has 0 aliphatic rings. The van der Waals surface area contributed by atoms with E-state index < -0.39 is 17.7 Å². The van der Waals surface area contributed by atoms with Crippen LogP contribution >= 0.6 is 34.5 Å². The first-order valence-corrected chi connectivity index (χ1v) is 14.0. The summed E-state index contributed by atoms with van der Waals surface area (Å²) in [6.07, 6.45) is 6.79. The summed E-state index contributed by atoms with van der Waals surface area (Å²) in [7, 11) is 1.21. The number of hydrogen-bond acceptors (Lipinski definition) is 6. The molecule has 0 fully saturated rings. The third-order valence-electron chi connectivity index (χ3n) is 5.78. The second kappa shape index (κ2) is 15.0. The molecule has 0 saturated heterocycles. The van der Waals surface area contributed by atoms with Crippen LogP contribution in [0, 0.1) is 5.82 Å². The van der Waals surface area contributed by atoms with Gasteiger partial charge in [-0.1, -0.05) is 67.9 Å². The molecule has 0 saturated carbocycles. The van der Waals surface area contributed by atoms with E-state index in [4.69, 9.17) is 37.8 Å². The first-order valence-electron chi connectivity index (χ1n) is 12.4. The van der Waals surface area contributed by atoms with Crippen LogP contribution in [0.5, 0.6) is 0 Å². The van der Waals surface area contributed by atoms with Gasteiger partial charge in [-0.2, -0.15) is 0 Å². The highest BCUT2D eigenvalue weighted by molar-refractivity contribution is 7.14. The molecule has 0 unspecified atom stereocenters. The van der Waals surface area contributed by atoms with E-state index in [9.17, 15) is 9.59 Å². The number of rotatable bonds is 14. The summed E-state index contributed by atoms with van der Waals surface area (Å²) in [5.41, 5.74) is 1.46. The zero-order valence-corrected chi connectivity index (χ0v) is 23.9. The number of carboxylic acid groups (broad SMARTS) is 1. The topological polar surface area (TPSA) is 97.8 Å². The highest BCUT2D eigenvalue weighted by Gasteiger charge is 2.18. The maximum absolute atomic E-state index is 15.2. The molecule has 2 N–H and O–H groups in total. The van der Waals surface area contributed by atoms with Gasteiger partial charge >= 0.3 is 5.97 Å². The van der Waals surface area contributed by atoms with Gasteiger partial charge in [0, 0.05) is 34.2 Å². The minimum Gasteiger partial charge on any atom is -0.490 e. The number of nitrogens with one attached hydrogen (secondary N) is 1. The first kappa shape index (κ1) is 30.6. The number of aromatic nitrogens is 1. The number of carbonyl (C=O) groups excluding carboxylic acids is 1. The number of aliphatic carboxylic acids is 1. The summed E-state index contributed by atoms with van der Waals surface area (Å²) < 4.78 is 25.7. The number of carbonyl (C=O) groups is 2. The second-order valence-corrected chi connectivity index (χ2v) is 10.3. The summed E-state index contributed by atoms with van der Waals surface area (Å²) in [6, 6.07) is 7.76. The Kier molecular flexibility index (Phi) is 11.7. The molecule has 208 valence electrons. The number of thiazole rings is 1. The molecule has 0 atom stereocenters. The third kappa shape index (κ3) is 8.50. The molecular weight excluding hydrogens is 566 g/mol. The fourth-order valence-electron chi connectivity index (χ4n) is 3.70. The SMILES string of the molecule is CCCCCCCOCc1cccc(-c2csc(NC(=O)c3cc(Cl)c(/C=C(/OC)C(=O)O)c(Cl)c3)n2)c1F. The molecule has 3 rings (SSSR count). The van der Waals surface area contributed by atoms with Crippen molar-refractivity contribution in [2.75, 3.05) is 19.0 Å². The van der Waals surface area contributed by atoms with E-state index in [0.29, 0.717) is 23.4 Å². The van der Waals surface area contributed by atoms with Crippen LogP contribution < -0.4 is 5.32 Å². The highest BCUT2D eigenvalue weighted by atomic mass is 35.5. The standard InChI is InChI=1S/C28H29Cl2FN2O5S/c1-3-4-5-6-7-11-38-15-17-9-8-10-19(25(17)31)23-16-39-28(32-23)33-26(34)18-12-21(29)20(22(30)13-18)14-24(37-2)27(35)36/h8-10,12-14,16H,3-7,11,15H2,1-2H3,(H,35,36)(H,32,33,34)/b24-14+. The van der Waals surface area contributed by atoms with Crippen molar-refractivity contribution < 1.29 is 28.6 Å². The first-order chi connectivity index (χ1) is 18.7. The molecule has 7 nitrogen and oxygen atoms in total. The summed E-state index contributed by atoms with van der Waals surface area (Å²) in [6.45, 7) is 2.92. The largest absolute Gasteiger partial charge is 0.490 e. The zero-order chi connectivity index (χ0) is 28.4. The smallest absolute Gasteiger partial charge is 0.371 e. The molecule has 3 aromatic rings. The van der Waals surface area contributed by atoms with Crippen LogP contribution in [0.2, 0.25) is 10.0 Å². The van der Waals surface area contributed by atoms with E-state index in [1.165, 1.54) is 44.6 Å². The second-order valence-electron chi connectivity index (χ2n) is 8.61. The summed E-state index contributed by atoms with van der Waals surface area (Å²) in [4.78, 5) is 28.4. The van der Waals surface area contributed by atoms with Gasteiger partial charge in [0.15, 0.2) is 5.13 Å². The van der Waals surface area contributed by atoms with Crippen LogP contribution in [0.4, 0.5) is 9.52 Å².